The maximum Gasteiger partial charge on any atom is 0.333 e. The van der Waals surface area contributed by atoms with Crippen molar-refractivity contribution in [3.63, 3.8) is 0 Å². The van der Waals surface area contributed by atoms with Crippen molar-refractivity contribution in [1.82, 2.24) is 0 Å². The average Bonchev–Trinajstić information content (AvgIpc) is 2.80. The first kappa shape index (κ1) is 23.6. The van der Waals surface area contributed by atoms with Gasteiger partial charge in [-0.2, -0.15) is 0 Å². The molecule has 1 unspecified atom stereocenters. The average molecular weight is 451 g/mol. The Morgan fingerprint density at radius 2 is 1.56 bits per heavy atom. The van der Waals surface area contributed by atoms with Gasteiger partial charge in [0, 0.05) is 18.1 Å². The lowest BCUT2D eigenvalue weighted by Gasteiger charge is -2.12. The molecule has 0 aromatic heterocycles. The van der Waals surface area contributed by atoms with E-state index in [4.69, 9.17) is 21.1 Å². The highest BCUT2D eigenvalue weighted by Gasteiger charge is 2.17. The molecule has 0 saturated carbocycles. The fourth-order valence-corrected chi connectivity index (χ4v) is 3.43. The molecular weight excluding hydrogens is 424 g/mol. The molecule has 166 valence electrons. The van der Waals surface area contributed by atoms with Gasteiger partial charge in [0.2, 0.25) is 0 Å². The summed E-state index contributed by atoms with van der Waals surface area (Å²) >= 11 is 5.96. The van der Waals surface area contributed by atoms with Crippen molar-refractivity contribution in [3.8, 4) is 16.9 Å². The van der Waals surface area contributed by atoms with Crippen molar-refractivity contribution in [2.45, 2.75) is 26.4 Å². The summed E-state index contributed by atoms with van der Waals surface area (Å²) in [4.78, 5) is 11.2. The number of allylic oxidation sites excluding steroid dienone is 1. The van der Waals surface area contributed by atoms with Crippen molar-refractivity contribution in [2.75, 3.05) is 13.2 Å². The maximum absolute atomic E-state index is 11.2. The van der Waals surface area contributed by atoms with Crippen molar-refractivity contribution in [3.05, 3.63) is 95.0 Å². The van der Waals surface area contributed by atoms with Crippen LogP contribution in [0.25, 0.3) is 16.7 Å². The topological polar surface area (TPSA) is 55.8 Å². The fraction of sp³-hybridized carbons (Fsp3) is 0.222. The summed E-state index contributed by atoms with van der Waals surface area (Å²) < 4.78 is 11.1. The summed E-state index contributed by atoms with van der Waals surface area (Å²) in [6.45, 7) is 4.66. The molecule has 0 aliphatic heterocycles. The van der Waals surface area contributed by atoms with Gasteiger partial charge in [0.05, 0.1) is 0 Å². The number of carbonyl (C=O) groups is 1. The number of aliphatic carboxylic acids is 1. The van der Waals surface area contributed by atoms with Gasteiger partial charge in [0.15, 0.2) is 6.10 Å². The molecule has 3 rings (SSSR count). The molecule has 1 N–H and O–H groups in total. The number of benzene rings is 3. The predicted molar refractivity (Wildman–Crippen MR) is 129 cm³/mol. The van der Waals surface area contributed by atoms with Crippen LogP contribution >= 0.6 is 11.6 Å². The second-order valence-corrected chi connectivity index (χ2v) is 7.85. The Kier molecular flexibility index (Phi) is 8.48. The second kappa shape index (κ2) is 11.5. The molecule has 0 fully saturated rings. The van der Waals surface area contributed by atoms with Gasteiger partial charge < -0.3 is 14.6 Å². The van der Waals surface area contributed by atoms with Crippen LogP contribution in [0.5, 0.6) is 5.75 Å². The molecule has 3 aromatic carbocycles. The van der Waals surface area contributed by atoms with Crippen LogP contribution in [0.3, 0.4) is 0 Å². The molecule has 0 amide bonds. The minimum atomic E-state index is -0.950. The molecule has 0 radical (unpaired) electrons. The SMILES string of the molecule is CCOC(Cc1ccc(OCC=C(C)c2ccc(-c3ccc(Cl)cc3)cc2)cc1)C(=O)O. The van der Waals surface area contributed by atoms with E-state index in [1.807, 2.05) is 54.6 Å². The third kappa shape index (κ3) is 6.71. The molecule has 5 heteroatoms. The number of rotatable bonds is 10. The molecule has 0 heterocycles. The zero-order valence-corrected chi connectivity index (χ0v) is 19.0. The van der Waals surface area contributed by atoms with Gasteiger partial charge in [-0.1, -0.05) is 60.1 Å². The second-order valence-electron chi connectivity index (χ2n) is 7.41. The van der Waals surface area contributed by atoms with Crippen LogP contribution in [0.4, 0.5) is 0 Å². The van der Waals surface area contributed by atoms with E-state index >= 15 is 0 Å². The van der Waals surface area contributed by atoms with E-state index in [1.165, 1.54) is 0 Å². The van der Waals surface area contributed by atoms with E-state index < -0.39 is 12.1 Å². The first-order chi connectivity index (χ1) is 15.5. The number of hydrogen-bond acceptors (Lipinski definition) is 3. The minimum Gasteiger partial charge on any atom is -0.490 e. The number of carboxylic acid groups (broad SMARTS) is 1. The van der Waals surface area contributed by atoms with Gasteiger partial charge in [0.25, 0.3) is 0 Å². The summed E-state index contributed by atoms with van der Waals surface area (Å²) in [5, 5.41) is 9.93. The molecule has 0 spiro atoms. The lowest BCUT2D eigenvalue weighted by atomic mass is 10.0. The van der Waals surface area contributed by atoms with E-state index in [9.17, 15) is 9.90 Å². The van der Waals surface area contributed by atoms with Gasteiger partial charge in [0.1, 0.15) is 12.4 Å². The largest absolute Gasteiger partial charge is 0.490 e. The van der Waals surface area contributed by atoms with Crippen LogP contribution in [0.2, 0.25) is 5.02 Å². The fourth-order valence-electron chi connectivity index (χ4n) is 3.30. The summed E-state index contributed by atoms with van der Waals surface area (Å²) in [5.74, 6) is -0.215. The van der Waals surface area contributed by atoms with Crippen molar-refractivity contribution < 1.29 is 19.4 Å². The van der Waals surface area contributed by atoms with E-state index in [1.54, 1.807) is 6.92 Å². The summed E-state index contributed by atoms with van der Waals surface area (Å²) in [7, 11) is 0. The Morgan fingerprint density at radius 3 is 2.12 bits per heavy atom. The molecule has 3 aromatic rings. The first-order valence-corrected chi connectivity index (χ1v) is 10.9. The molecular formula is C27H27ClO4. The Labute approximate surface area is 194 Å². The molecule has 1 atom stereocenters. The third-order valence-electron chi connectivity index (χ3n) is 5.15. The third-order valence-corrected chi connectivity index (χ3v) is 5.40. The van der Waals surface area contributed by atoms with Crippen LogP contribution in [-0.4, -0.2) is 30.4 Å². The molecule has 0 aliphatic carbocycles. The standard InChI is InChI=1S/C27H27ClO4/c1-3-31-26(27(29)30)18-20-4-14-25(15-5-20)32-17-16-19(2)21-6-8-22(9-7-21)23-10-12-24(28)13-11-23/h4-16,26H,3,17-18H2,1-2H3,(H,29,30). The molecule has 4 nitrogen and oxygen atoms in total. The monoisotopic (exact) mass is 450 g/mol. The quantitative estimate of drug-likeness (QED) is 0.382. The van der Waals surface area contributed by atoms with Crippen LogP contribution in [0.1, 0.15) is 25.0 Å². The summed E-state index contributed by atoms with van der Waals surface area (Å²) in [6, 6.07) is 23.7. The van der Waals surface area contributed by atoms with Gasteiger partial charge in [-0.15, -0.1) is 0 Å². The van der Waals surface area contributed by atoms with Gasteiger partial charge in [-0.3, -0.25) is 0 Å². The zero-order valence-electron chi connectivity index (χ0n) is 18.3. The van der Waals surface area contributed by atoms with Gasteiger partial charge in [-0.05, 0) is 72.0 Å². The molecule has 0 bridgehead atoms. The minimum absolute atomic E-state index is 0.328. The predicted octanol–water partition coefficient (Wildman–Crippen LogP) is 6.52. The van der Waals surface area contributed by atoms with Crippen LogP contribution in [0, 0.1) is 0 Å². The summed E-state index contributed by atoms with van der Waals surface area (Å²) in [6.07, 6.45) is 1.54. The maximum atomic E-state index is 11.2. The lowest BCUT2D eigenvalue weighted by Crippen LogP contribution is -2.26. The highest BCUT2D eigenvalue weighted by atomic mass is 35.5. The highest BCUT2D eigenvalue weighted by Crippen LogP contribution is 2.24. The van der Waals surface area contributed by atoms with Gasteiger partial charge >= 0.3 is 5.97 Å². The van der Waals surface area contributed by atoms with Crippen molar-refractivity contribution in [1.29, 1.82) is 0 Å². The Balaban J connectivity index is 1.55. The summed E-state index contributed by atoms with van der Waals surface area (Å²) in [5.41, 5.74) is 5.43. The van der Waals surface area contributed by atoms with E-state index in [2.05, 4.69) is 31.2 Å². The molecule has 0 saturated heterocycles. The van der Waals surface area contributed by atoms with Gasteiger partial charge in [-0.25, -0.2) is 4.79 Å². The van der Waals surface area contributed by atoms with E-state index in [0.29, 0.717) is 19.6 Å². The van der Waals surface area contributed by atoms with Crippen LogP contribution in [0.15, 0.2) is 78.9 Å². The number of carboxylic acids is 1. The lowest BCUT2D eigenvalue weighted by molar-refractivity contribution is -0.149. The van der Waals surface area contributed by atoms with Crippen LogP contribution < -0.4 is 4.74 Å². The molecule has 0 aliphatic rings. The van der Waals surface area contributed by atoms with E-state index in [0.717, 1.165) is 38.6 Å². The number of halogens is 1. The first-order valence-electron chi connectivity index (χ1n) is 10.6. The smallest absolute Gasteiger partial charge is 0.333 e. The zero-order chi connectivity index (χ0) is 22.9. The van der Waals surface area contributed by atoms with Crippen LogP contribution in [-0.2, 0) is 16.0 Å². The van der Waals surface area contributed by atoms with Crippen molar-refractivity contribution >= 4 is 23.1 Å². The normalized spacial score (nSPS) is 12.4. The number of hydrogen-bond donors (Lipinski definition) is 1. The molecule has 32 heavy (non-hydrogen) atoms. The Bertz CT molecular complexity index is 1040. The Morgan fingerprint density at radius 1 is 0.969 bits per heavy atom. The van der Waals surface area contributed by atoms with E-state index in [-0.39, 0.29) is 0 Å². The number of ether oxygens (including phenoxy) is 2. The Hall–Kier alpha value is -3.08. The highest BCUT2D eigenvalue weighted by molar-refractivity contribution is 6.30. The van der Waals surface area contributed by atoms with Crippen molar-refractivity contribution in [2.24, 2.45) is 0 Å².